The van der Waals surface area contributed by atoms with Gasteiger partial charge in [0.05, 0.1) is 18.5 Å². The van der Waals surface area contributed by atoms with Crippen molar-refractivity contribution in [3.8, 4) is 17.0 Å². The van der Waals surface area contributed by atoms with Crippen LogP contribution in [0.5, 0.6) is 5.75 Å². The Hall–Kier alpha value is -1.83. The molecule has 1 fully saturated rings. The molecular formula is C33H51NO. The Morgan fingerprint density at radius 3 is 1.97 bits per heavy atom. The third kappa shape index (κ3) is 10.8. The highest BCUT2D eigenvalue weighted by Gasteiger charge is 2.20. The van der Waals surface area contributed by atoms with Crippen LogP contribution < -0.4 is 4.74 Å². The van der Waals surface area contributed by atoms with Crippen molar-refractivity contribution in [3.63, 3.8) is 0 Å². The van der Waals surface area contributed by atoms with Gasteiger partial charge in [-0.1, -0.05) is 128 Å². The molecule has 0 amide bonds. The first-order valence-electron chi connectivity index (χ1n) is 15.0. The van der Waals surface area contributed by atoms with Gasteiger partial charge in [-0.05, 0) is 48.8 Å². The molecular weight excluding hydrogens is 426 g/mol. The number of hydrogen-bond donors (Lipinski definition) is 0. The number of nitrogens with zero attached hydrogens (tertiary/aromatic N) is 1. The second-order valence-electron chi connectivity index (χ2n) is 11.0. The third-order valence-electron chi connectivity index (χ3n) is 8.03. The maximum Gasteiger partial charge on any atom is 0.137 e. The van der Waals surface area contributed by atoms with E-state index < -0.39 is 0 Å². The van der Waals surface area contributed by atoms with Gasteiger partial charge in [0.15, 0.2) is 0 Å². The van der Waals surface area contributed by atoms with Crippen molar-refractivity contribution >= 4 is 0 Å². The highest BCUT2D eigenvalue weighted by molar-refractivity contribution is 5.59. The van der Waals surface area contributed by atoms with E-state index in [1.54, 1.807) is 0 Å². The zero-order chi connectivity index (χ0) is 24.6. The molecule has 0 N–H and O–H groups in total. The number of unbranched alkanes of at least 4 members (excludes halogenated alkanes) is 8. The summed E-state index contributed by atoms with van der Waals surface area (Å²) in [5, 5.41) is 0. The summed E-state index contributed by atoms with van der Waals surface area (Å²) in [6, 6.07) is 13.2. The molecule has 0 unspecified atom stereocenters. The number of ether oxygens (including phenoxy) is 1. The van der Waals surface area contributed by atoms with Crippen LogP contribution in [0.3, 0.4) is 0 Å². The van der Waals surface area contributed by atoms with E-state index in [9.17, 15) is 0 Å². The number of aromatic nitrogens is 1. The molecule has 1 aromatic carbocycles. The van der Waals surface area contributed by atoms with E-state index in [0.717, 1.165) is 36.3 Å². The number of aryl methyl sites for hydroxylation is 1. The lowest BCUT2D eigenvalue weighted by atomic mass is 9.77. The summed E-state index contributed by atoms with van der Waals surface area (Å²) >= 11 is 0. The maximum absolute atomic E-state index is 5.83. The van der Waals surface area contributed by atoms with E-state index in [2.05, 4.69) is 55.2 Å². The van der Waals surface area contributed by atoms with Crippen molar-refractivity contribution in [2.45, 2.75) is 123 Å². The van der Waals surface area contributed by atoms with Gasteiger partial charge in [-0.25, -0.2) is 0 Å². The molecule has 0 saturated heterocycles. The number of pyridine rings is 1. The molecule has 0 bridgehead atoms. The normalized spacial score (nSPS) is 18.0. The number of rotatable bonds is 17. The van der Waals surface area contributed by atoms with Crippen LogP contribution in [-0.4, -0.2) is 11.6 Å². The lowest BCUT2D eigenvalue weighted by Crippen LogP contribution is -2.15. The molecule has 194 valence electrons. The molecule has 0 spiro atoms. The fourth-order valence-electron chi connectivity index (χ4n) is 5.59. The fraction of sp³-hybridized carbons (Fsp3) is 0.667. The van der Waals surface area contributed by atoms with E-state index in [1.807, 2.05) is 6.20 Å². The largest absolute Gasteiger partial charge is 0.492 e. The van der Waals surface area contributed by atoms with Crippen LogP contribution >= 0.6 is 0 Å². The van der Waals surface area contributed by atoms with Crippen LogP contribution in [0.2, 0.25) is 0 Å². The van der Waals surface area contributed by atoms with Crippen molar-refractivity contribution in [3.05, 3.63) is 48.2 Å². The van der Waals surface area contributed by atoms with Crippen LogP contribution in [0.1, 0.15) is 122 Å². The molecule has 2 aromatic rings. The average Bonchev–Trinajstić information content (AvgIpc) is 2.91. The van der Waals surface area contributed by atoms with Crippen molar-refractivity contribution in [2.24, 2.45) is 11.8 Å². The van der Waals surface area contributed by atoms with Crippen molar-refractivity contribution in [1.82, 2.24) is 4.98 Å². The first-order valence-corrected chi connectivity index (χ1v) is 15.0. The van der Waals surface area contributed by atoms with Gasteiger partial charge < -0.3 is 4.74 Å². The zero-order valence-electron chi connectivity index (χ0n) is 22.8. The van der Waals surface area contributed by atoms with Gasteiger partial charge in [0.2, 0.25) is 0 Å². The molecule has 1 aliphatic rings. The lowest BCUT2D eigenvalue weighted by molar-refractivity contribution is 0.248. The molecule has 1 heterocycles. The Bertz CT molecular complexity index is 774. The summed E-state index contributed by atoms with van der Waals surface area (Å²) in [4.78, 5) is 4.63. The van der Waals surface area contributed by atoms with E-state index in [-0.39, 0.29) is 0 Å². The van der Waals surface area contributed by atoms with Gasteiger partial charge in [0.1, 0.15) is 5.75 Å². The molecule has 35 heavy (non-hydrogen) atoms. The summed E-state index contributed by atoms with van der Waals surface area (Å²) in [5.74, 6) is 2.83. The molecule has 3 rings (SSSR count). The van der Waals surface area contributed by atoms with E-state index >= 15 is 0 Å². The topological polar surface area (TPSA) is 22.1 Å². The Kier molecular flexibility index (Phi) is 13.3. The van der Waals surface area contributed by atoms with E-state index in [4.69, 9.17) is 4.74 Å². The minimum absolute atomic E-state index is 0.788. The van der Waals surface area contributed by atoms with Gasteiger partial charge in [-0.2, -0.15) is 0 Å². The second-order valence-corrected chi connectivity index (χ2v) is 11.0. The second kappa shape index (κ2) is 16.8. The van der Waals surface area contributed by atoms with Crippen LogP contribution in [0.4, 0.5) is 0 Å². The van der Waals surface area contributed by atoms with Gasteiger partial charge in [-0.3, -0.25) is 4.98 Å². The number of hydrogen-bond acceptors (Lipinski definition) is 2. The van der Waals surface area contributed by atoms with Crippen LogP contribution in [0.25, 0.3) is 11.3 Å². The molecule has 2 nitrogen and oxygen atoms in total. The van der Waals surface area contributed by atoms with E-state index in [0.29, 0.717) is 0 Å². The van der Waals surface area contributed by atoms with Gasteiger partial charge in [0.25, 0.3) is 0 Å². The lowest BCUT2D eigenvalue weighted by Gasteiger charge is -2.28. The highest BCUT2D eigenvalue weighted by Crippen LogP contribution is 2.34. The Morgan fingerprint density at radius 2 is 1.31 bits per heavy atom. The minimum Gasteiger partial charge on any atom is -0.492 e. The van der Waals surface area contributed by atoms with Crippen molar-refractivity contribution in [1.29, 1.82) is 0 Å². The Morgan fingerprint density at radius 1 is 0.686 bits per heavy atom. The third-order valence-corrected chi connectivity index (χ3v) is 8.03. The predicted molar refractivity (Wildman–Crippen MR) is 151 cm³/mol. The Balaban J connectivity index is 1.31. The van der Waals surface area contributed by atoms with Gasteiger partial charge >= 0.3 is 0 Å². The molecule has 0 atom stereocenters. The SMILES string of the molecule is CCCCCCCC[C@H]1CC[C@H](CCc2ccc(-c3ccc(OCCCCCC)cn3)cc2)CC1. The van der Waals surface area contributed by atoms with Crippen LogP contribution in [0, 0.1) is 11.8 Å². The zero-order valence-corrected chi connectivity index (χ0v) is 22.8. The van der Waals surface area contributed by atoms with Crippen molar-refractivity contribution < 1.29 is 4.74 Å². The number of benzene rings is 1. The highest BCUT2D eigenvalue weighted by atomic mass is 16.5. The average molecular weight is 478 g/mol. The van der Waals surface area contributed by atoms with E-state index in [1.165, 1.54) is 114 Å². The molecule has 0 aliphatic heterocycles. The summed E-state index contributed by atoms with van der Waals surface area (Å²) in [7, 11) is 0. The summed E-state index contributed by atoms with van der Waals surface area (Å²) < 4.78 is 5.83. The smallest absolute Gasteiger partial charge is 0.137 e. The standard InChI is InChI=1S/C33H51NO/c1-3-5-7-9-10-11-13-28-14-16-29(17-15-28)18-19-30-20-22-31(23-21-30)33-25-24-32(27-34-33)35-26-12-8-6-4-2/h20-25,27-29H,3-19,26H2,1-2H3/t28-,29-. The molecule has 2 heteroatoms. The monoisotopic (exact) mass is 477 g/mol. The first kappa shape index (κ1) is 27.8. The van der Waals surface area contributed by atoms with Crippen LogP contribution in [-0.2, 0) is 6.42 Å². The quantitative estimate of drug-likeness (QED) is 0.211. The molecule has 1 aromatic heterocycles. The van der Waals surface area contributed by atoms with Crippen LogP contribution in [0.15, 0.2) is 42.6 Å². The first-order chi connectivity index (χ1) is 17.3. The predicted octanol–water partition coefficient (Wildman–Crippen LogP) is 10.2. The Labute approximate surface area is 216 Å². The minimum atomic E-state index is 0.788. The van der Waals surface area contributed by atoms with Crippen molar-refractivity contribution in [2.75, 3.05) is 6.61 Å². The summed E-state index contributed by atoms with van der Waals surface area (Å²) in [5.41, 5.74) is 3.69. The van der Waals surface area contributed by atoms with Gasteiger partial charge in [0, 0.05) is 5.56 Å². The maximum atomic E-state index is 5.83. The molecule has 1 aliphatic carbocycles. The summed E-state index contributed by atoms with van der Waals surface area (Å²) in [6.45, 7) is 5.33. The molecule has 0 radical (unpaired) electrons. The molecule has 1 saturated carbocycles. The fourth-order valence-corrected chi connectivity index (χ4v) is 5.59. The van der Waals surface area contributed by atoms with Gasteiger partial charge in [-0.15, -0.1) is 0 Å². The summed E-state index contributed by atoms with van der Waals surface area (Å²) in [6.07, 6.45) is 25.3.